The van der Waals surface area contributed by atoms with Crippen molar-refractivity contribution in [2.45, 2.75) is 0 Å². The molecule has 0 fully saturated rings. The van der Waals surface area contributed by atoms with Crippen LogP contribution in [0, 0.1) is 0 Å². The van der Waals surface area contributed by atoms with E-state index in [4.69, 9.17) is 42.9 Å². The van der Waals surface area contributed by atoms with Crippen molar-refractivity contribution in [3.8, 4) is 11.5 Å². The number of nitrogens with one attached hydrogen (secondary N) is 1. The van der Waals surface area contributed by atoms with Gasteiger partial charge in [-0.25, -0.2) is 9.59 Å². The number of carboxylic acids is 2. The third-order valence-electron chi connectivity index (χ3n) is 4.06. The first-order chi connectivity index (χ1) is 16.8. The molecule has 0 spiro atoms. The van der Waals surface area contributed by atoms with Crippen molar-refractivity contribution in [2.75, 3.05) is 27.3 Å². The number of carboxylic acid groups (broad SMARTS) is 2. The number of ether oxygens (including phenoxy) is 2. The van der Waals surface area contributed by atoms with Gasteiger partial charge in [0.25, 0.3) is 0 Å². The molecule has 9 nitrogen and oxygen atoms in total. The molecule has 35 heavy (non-hydrogen) atoms. The van der Waals surface area contributed by atoms with Crippen molar-refractivity contribution >= 4 is 56.9 Å². The molecule has 0 amide bonds. The van der Waals surface area contributed by atoms with E-state index in [0.717, 1.165) is 10.8 Å². The summed E-state index contributed by atoms with van der Waals surface area (Å²) in [6.07, 6.45) is 3.21. The molecule has 3 N–H and O–H groups in total. The molecule has 4 rings (SSSR count). The van der Waals surface area contributed by atoms with Gasteiger partial charge < -0.3 is 25.0 Å². The van der Waals surface area contributed by atoms with Crippen LogP contribution in [0.3, 0.4) is 0 Å². The third-order valence-corrected chi connectivity index (χ3v) is 4.72. The molecule has 0 unspecified atom stereocenters. The second kappa shape index (κ2) is 13.9. The molecule has 2 aromatic carbocycles. The van der Waals surface area contributed by atoms with E-state index in [0.29, 0.717) is 32.6 Å². The Balaban J connectivity index is 0.000000222. The van der Waals surface area contributed by atoms with Gasteiger partial charge in [0, 0.05) is 23.2 Å². The molecule has 184 valence electrons. The summed E-state index contributed by atoms with van der Waals surface area (Å²) in [6.45, 7) is -0.791. The lowest BCUT2D eigenvalue weighted by molar-refractivity contribution is -0.140. The Morgan fingerprint density at radius 2 is 1.14 bits per heavy atom. The number of benzene rings is 2. The first kappa shape index (κ1) is 27.6. The highest BCUT2D eigenvalue weighted by atomic mass is 35.5. The van der Waals surface area contributed by atoms with Gasteiger partial charge in [0.05, 0.1) is 10.0 Å². The first-order valence-corrected chi connectivity index (χ1v) is 10.9. The standard InChI is InChI=1S/2C11H8ClNO3.C2H7N/c2*12-8-3-4-9(16-6-10(14)15)11-7(8)2-1-5-13-11;1-3-2/h2*1-5H,6H2,(H,14,15);3H,1-2H3. The highest BCUT2D eigenvalue weighted by molar-refractivity contribution is 6.36. The molecular weight excluding hydrogens is 497 g/mol. The number of pyridine rings is 2. The van der Waals surface area contributed by atoms with Crippen LogP contribution in [0.5, 0.6) is 11.5 Å². The van der Waals surface area contributed by atoms with Gasteiger partial charge in [-0.05, 0) is 62.6 Å². The lowest BCUT2D eigenvalue weighted by atomic mass is 10.2. The van der Waals surface area contributed by atoms with Gasteiger partial charge in [-0.3, -0.25) is 9.97 Å². The van der Waals surface area contributed by atoms with E-state index in [9.17, 15) is 9.59 Å². The van der Waals surface area contributed by atoms with E-state index in [-0.39, 0.29) is 0 Å². The summed E-state index contributed by atoms with van der Waals surface area (Å²) in [5.74, 6) is -1.22. The number of hydrogen-bond donors (Lipinski definition) is 3. The average molecular weight is 520 g/mol. The monoisotopic (exact) mass is 519 g/mol. The maximum absolute atomic E-state index is 10.4. The average Bonchev–Trinajstić information content (AvgIpc) is 2.84. The maximum Gasteiger partial charge on any atom is 0.341 e. The van der Waals surface area contributed by atoms with Gasteiger partial charge in [-0.1, -0.05) is 23.2 Å². The largest absolute Gasteiger partial charge is 0.480 e. The molecule has 0 aliphatic rings. The molecule has 0 saturated carbocycles. The predicted octanol–water partition coefficient (Wildman–Crippen LogP) is 4.54. The van der Waals surface area contributed by atoms with Crippen LogP contribution in [0.1, 0.15) is 0 Å². The number of hydrogen-bond acceptors (Lipinski definition) is 7. The molecule has 0 aliphatic carbocycles. The zero-order valence-electron chi connectivity index (χ0n) is 18.9. The molecular formula is C24H23Cl2N3O6. The lowest BCUT2D eigenvalue weighted by Gasteiger charge is -2.07. The summed E-state index contributed by atoms with van der Waals surface area (Å²) in [4.78, 5) is 29.0. The highest BCUT2D eigenvalue weighted by Gasteiger charge is 2.09. The zero-order valence-corrected chi connectivity index (χ0v) is 20.4. The van der Waals surface area contributed by atoms with Crippen LogP contribution < -0.4 is 14.8 Å². The van der Waals surface area contributed by atoms with Gasteiger partial charge in [0.1, 0.15) is 22.5 Å². The van der Waals surface area contributed by atoms with Crippen molar-refractivity contribution < 1.29 is 29.3 Å². The quantitative estimate of drug-likeness (QED) is 0.335. The fraction of sp³-hybridized carbons (Fsp3) is 0.167. The van der Waals surface area contributed by atoms with Gasteiger partial charge >= 0.3 is 11.9 Å². The summed E-state index contributed by atoms with van der Waals surface area (Å²) < 4.78 is 10.2. The summed E-state index contributed by atoms with van der Waals surface area (Å²) in [5, 5.41) is 22.4. The van der Waals surface area contributed by atoms with Crippen molar-refractivity contribution in [2.24, 2.45) is 0 Å². The van der Waals surface area contributed by atoms with Crippen molar-refractivity contribution in [1.29, 1.82) is 0 Å². The van der Waals surface area contributed by atoms with Crippen LogP contribution >= 0.6 is 23.2 Å². The molecule has 4 aromatic rings. The number of aliphatic carboxylic acids is 2. The van der Waals surface area contributed by atoms with Gasteiger partial charge in [-0.2, -0.15) is 0 Å². The smallest absolute Gasteiger partial charge is 0.341 e. The van der Waals surface area contributed by atoms with E-state index < -0.39 is 25.2 Å². The van der Waals surface area contributed by atoms with Crippen LogP contribution in [0.25, 0.3) is 21.8 Å². The summed E-state index contributed by atoms with van der Waals surface area (Å²) >= 11 is 12.0. The molecule has 0 aliphatic heterocycles. The molecule has 0 saturated heterocycles. The Labute approximate surface area is 211 Å². The minimum atomic E-state index is -1.03. The Morgan fingerprint density at radius 3 is 1.49 bits per heavy atom. The van der Waals surface area contributed by atoms with Crippen LogP contribution in [-0.2, 0) is 9.59 Å². The van der Waals surface area contributed by atoms with E-state index in [2.05, 4.69) is 15.3 Å². The summed E-state index contributed by atoms with van der Waals surface area (Å²) in [7, 11) is 3.75. The number of halogens is 2. The van der Waals surface area contributed by atoms with E-state index in [1.54, 1.807) is 60.9 Å². The minimum Gasteiger partial charge on any atom is -0.480 e. The van der Waals surface area contributed by atoms with Crippen LogP contribution in [0.2, 0.25) is 10.0 Å². The maximum atomic E-state index is 10.4. The Bertz CT molecular complexity index is 1200. The topological polar surface area (TPSA) is 131 Å². The fourth-order valence-corrected chi connectivity index (χ4v) is 3.17. The Hall–Kier alpha value is -3.66. The van der Waals surface area contributed by atoms with Crippen LogP contribution in [-0.4, -0.2) is 59.4 Å². The molecule has 0 radical (unpaired) electrons. The number of rotatable bonds is 6. The molecule has 2 aromatic heterocycles. The van der Waals surface area contributed by atoms with E-state index in [1.165, 1.54) is 0 Å². The normalized spacial score (nSPS) is 9.94. The Morgan fingerprint density at radius 1 is 0.771 bits per heavy atom. The summed E-state index contributed by atoms with van der Waals surface area (Å²) in [5.41, 5.74) is 1.13. The highest BCUT2D eigenvalue weighted by Crippen LogP contribution is 2.30. The molecule has 11 heteroatoms. The van der Waals surface area contributed by atoms with Crippen molar-refractivity contribution in [3.05, 3.63) is 71.0 Å². The number of fused-ring (bicyclic) bond motifs is 2. The van der Waals surface area contributed by atoms with E-state index in [1.807, 2.05) is 14.1 Å². The van der Waals surface area contributed by atoms with Gasteiger partial charge in [-0.15, -0.1) is 0 Å². The second-order valence-electron chi connectivity index (χ2n) is 6.76. The number of nitrogens with zero attached hydrogens (tertiary/aromatic N) is 2. The predicted molar refractivity (Wildman–Crippen MR) is 135 cm³/mol. The van der Waals surface area contributed by atoms with Crippen molar-refractivity contribution in [1.82, 2.24) is 15.3 Å². The van der Waals surface area contributed by atoms with Gasteiger partial charge in [0.15, 0.2) is 13.2 Å². The SMILES string of the molecule is CNC.O=C(O)COc1ccc(Cl)c2cccnc12.O=C(O)COc1ccc(Cl)c2cccnc12. The minimum absolute atomic E-state index is 0.396. The molecule has 2 heterocycles. The number of carbonyl (C=O) groups is 2. The lowest BCUT2D eigenvalue weighted by Crippen LogP contribution is -2.09. The zero-order chi connectivity index (χ0) is 25.8. The number of aromatic nitrogens is 2. The van der Waals surface area contributed by atoms with E-state index >= 15 is 0 Å². The fourth-order valence-electron chi connectivity index (χ4n) is 2.74. The van der Waals surface area contributed by atoms with Crippen LogP contribution in [0.4, 0.5) is 0 Å². The van der Waals surface area contributed by atoms with Crippen LogP contribution in [0.15, 0.2) is 60.9 Å². The van der Waals surface area contributed by atoms with Crippen molar-refractivity contribution in [3.63, 3.8) is 0 Å². The molecule has 0 bridgehead atoms. The Kier molecular flexibility index (Phi) is 11.0. The second-order valence-corrected chi connectivity index (χ2v) is 7.57. The van der Waals surface area contributed by atoms with Gasteiger partial charge in [0.2, 0.25) is 0 Å². The first-order valence-electron chi connectivity index (χ1n) is 10.1. The molecule has 0 atom stereocenters. The third kappa shape index (κ3) is 8.25. The summed E-state index contributed by atoms with van der Waals surface area (Å²) in [6, 6.07) is 13.7.